The Labute approximate surface area is 126 Å². The molecule has 1 fully saturated rings. The largest absolute Gasteiger partial charge is 0.490 e. The molecular weight excluding hydrogens is 272 g/mol. The fraction of sp³-hybridized carbons (Fsp3) is 0.562. The Hall–Kier alpha value is -1.24. The Kier molecular flexibility index (Phi) is 4.27. The molecule has 0 unspecified atom stereocenters. The fourth-order valence-corrected chi connectivity index (χ4v) is 2.80. The molecule has 1 aromatic carbocycles. The average Bonchev–Trinajstić information content (AvgIpc) is 2.37. The predicted molar refractivity (Wildman–Crippen MR) is 82.6 cm³/mol. The van der Waals surface area contributed by atoms with Gasteiger partial charge in [0.1, 0.15) is 11.9 Å². The third-order valence-corrected chi connectivity index (χ3v) is 4.33. The summed E-state index contributed by atoms with van der Waals surface area (Å²) < 4.78 is 6.03. The van der Waals surface area contributed by atoms with Crippen LogP contribution in [0.15, 0.2) is 18.2 Å². The van der Waals surface area contributed by atoms with Crippen LogP contribution in [0.3, 0.4) is 0 Å². The van der Waals surface area contributed by atoms with Crippen LogP contribution in [0.25, 0.3) is 4.85 Å². The maximum absolute atomic E-state index is 6.99. The van der Waals surface area contributed by atoms with Crippen LogP contribution >= 0.6 is 11.6 Å². The third kappa shape index (κ3) is 2.92. The van der Waals surface area contributed by atoms with Gasteiger partial charge in [-0.05, 0) is 12.1 Å². The van der Waals surface area contributed by atoms with Crippen LogP contribution < -0.4 is 10.1 Å². The summed E-state index contributed by atoms with van der Waals surface area (Å²) in [6, 6.07) is 6.21. The van der Waals surface area contributed by atoms with Crippen LogP contribution in [0.5, 0.6) is 5.75 Å². The lowest BCUT2D eigenvalue weighted by molar-refractivity contribution is -0.0574. The molecule has 1 aromatic rings. The van der Waals surface area contributed by atoms with E-state index in [4.69, 9.17) is 22.9 Å². The van der Waals surface area contributed by atoms with Gasteiger partial charge in [-0.25, -0.2) is 4.85 Å². The van der Waals surface area contributed by atoms with Crippen LogP contribution in [0.1, 0.15) is 34.1 Å². The molecule has 0 saturated heterocycles. The zero-order valence-corrected chi connectivity index (χ0v) is 13.2. The van der Waals surface area contributed by atoms with Crippen molar-refractivity contribution < 1.29 is 4.74 Å². The minimum absolute atomic E-state index is 0.0925. The molecule has 1 saturated carbocycles. The van der Waals surface area contributed by atoms with Gasteiger partial charge in [0.15, 0.2) is 0 Å². The number of halogens is 1. The van der Waals surface area contributed by atoms with Crippen molar-refractivity contribution in [1.29, 1.82) is 0 Å². The van der Waals surface area contributed by atoms with Crippen molar-refractivity contribution in [2.24, 2.45) is 5.41 Å². The molecule has 0 spiro atoms. The second kappa shape index (κ2) is 5.63. The van der Waals surface area contributed by atoms with E-state index in [0.29, 0.717) is 22.8 Å². The Morgan fingerprint density at radius 3 is 2.65 bits per heavy atom. The lowest BCUT2D eigenvalue weighted by Gasteiger charge is -2.52. The van der Waals surface area contributed by atoms with Gasteiger partial charge in [0, 0.05) is 23.9 Å². The molecule has 0 heterocycles. The summed E-state index contributed by atoms with van der Waals surface area (Å²) in [4.78, 5) is 3.35. The second-order valence-corrected chi connectivity index (χ2v) is 6.67. The SMILES string of the molecule is [C-]#[N+]c1ccc(O[C@@H]2C[C@@H](NC(C)C)C2(C)C)cc1Cl. The average molecular weight is 293 g/mol. The van der Waals surface area contributed by atoms with E-state index in [-0.39, 0.29) is 11.5 Å². The smallest absolute Gasteiger partial charge is 0.205 e. The first-order chi connectivity index (χ1) is 9.34. The number of nitrogens with one attached hydrogen (secondary N) is 1. The van der Waals surface area contributed by atoms with Crippen LogP contribution in [-0.2, 0) is 0 Å². The van der Waals surface area contributed by atoms with E-state index in [1.807, 2.05) is 6.07 Å². The quantitative estimate of drug-likeness (QED) is 0.831. The van der Waals surface area contributed by atoms with E-state index in [0.717, 1.165) is 12.2 Å². The molecule has 0 aliphatic heterocycles. The maximum atomic E-state index is 6.99. The first kappa shape index (κ1) is 15.2. The van der Waals surface area contributed by atoms with E-state index in [2.05, 4.69) is 37.9 Å². The molecule has 2 rings (SSSR count). The normalized spacial score (nSPS) is 24.1. The van der Waals surface area contributed by atoms with Gasteiger partial charge in [-0.15, -0.1) is 0 Å². The molecule has 1 N–H and O–H groups in total. The second-order valence-electron chi connectivity index (χ2n) is 6.26. The van der Waals surface area contributed by atoms with Gasteiger partial charge >= 0.3 is 0 Å². The number of nitrogens with zero attached hydrogens (tertiary/aromatic N) is 1. The van der Waals surface area contributed by atoms with E-state index in [1.54, 1.807) is 12.1 Å². The third-order valence-electron chi connectivity index (χ3n) is 4.03. The number of rotatable bonds is 4. The van der Waals surface area contributed by atoms with Gasteiger partial charge in [-0.1, -0.05) is 45.4 Å². The number of hydrogen-bond donors (Lipinski definition) is 1. The van der Waals surface area contributed by atoms with Gasteiger partial charge in [0.25, 0.3) is 0 Å². The van der Waals surface area contributed by atoms with Crippen molar-refractivity contribution in [3.63, 3.8) is 0 Å². The highest BCUT2D eigenvalue weighted by atomic mass is 35.5. The topological polar surface area (TPSA) is 25.6 Å². The molecule has 4 heteroatoms. The summed E-state index contributed by atoms with van der Waals surface area (Å²) in [7, 11) is 0. The number of ether oxygens (including phenoxy) is 1. The lowest BCUT2D eigenvalue weighted by Crippen LogP contribution is -2.63. The zero-order valence-electron chi connectivity index (χ0n) is 12.4. The Morgan fingerprint density at radius 1 is 1.45 bits per heavy atom. The lowest BCUT2D eigenvalue weighted by atomic mass is 9.64. The van der Waals surface area contributed by atoms with E-state index in [9.17, 15) is 0 Å². The summed E-state index contributed by atoms with van der Waals surface area (Å²) in [6.07, 6.45) is 1.17. The molecule has 0 radical (unpaired) electrons. The van der Waals surface area contributed by atoms with E-state index in [1.165, 1.54) is 0 Å². The van der Waals surface area contributed by atoms with Crippen LogP contribution in [-0.4, -0.2) is 18.2 Å². The first-order valence-corrected chi connectivity index (χ1v) is 7.32. The monoisotopic (exact) mass is 292 g/mol. The minimum atomic E-state index is 0.0925. The standard InChI is InChI=1S/C16H21ClN2O/c1-10(2)19-14-9-15(16(14,3)4)20-11-6-7-13(18-5)12(17)8-11/h6-8,10,14-15,19H,9H2,1-4H3/t14-,15-/m1/s1. The van der Waals surface area contributed by atoms with Crippen LogP contribution in [0.4, 0.5) is 5.69 Å². The van der Waals surface area contributed by atoms with Gasteiger partial charge in [-0.3, -0.25) is 0 Å². The van der Waals surface area contributed by atoms with Crippen molar-refractivity contribution in [2.75, 3.05) is 0 Å². The number of hydrogen-bond acceptors (Lipinski definition) is 2. The molecule has 108 valence electrons. The molecule has 3 nitrogen and oxygen atoms in total. The molecule has 1 aliphatic carbocycles. The molecular formula is C16H21ClN2O. The van der Waals surface area contributed by atoms with Crippen molar-refractivity contribution in [2.45, 2.75) is 52.3 Å². The Morgan fingerprint density at radius 2 is 2.15 bits per heavy atom. The van der Waals surface area contributed by atoms with Crippen molar-refractivity contribution in [3.05, 3.63) is 34.6 Å². The summed E-state index contributed by atoms with van der Waals surface area (Å²) in [6.45, 7) is 15.7. The first-order valence-electron chi connectivity index (χ1n) is 6.94. The van der Waals surface area contributed by atoms with Crippen LogP contribution in [0, 0.1) is 12.0 Å². The summed E-state index contributed by atoms with van der Waals surface area (Å²) >= 11 is 6.04. The molecule has 20 heavy (non-hydrogen) atoms. The summed E-state index contributed by atoms with van der Waals surface area (Å²) in [5.74, 6) is 0.739. The zero-order chi connectivity index (χ0) is 14.9. The van der Waals surface area contributed by atoms with Gasteiger partial charge in [0.05, 0.1) is 11.6 Å². The van der Waals surface area contributed by atoms with E-state index < -0.39 is 0 Å². The molecule has 0 aromatic heterocycles. The Bertz CT molecular complexity index is 534. The molecule has 2 atom stereocenters. The van der Waals surface area contributed by atoms with Crippen molar-refractivity contribution >= 4 is 17.3 Å². The summed E-state index contributed by atoms with van der Waals surface area (Å²) in [5.41, 5.74) is 0.557. The van der Waals surface area contributed by atoms with Crippen LogP contribution in [0.2, 0.25) is 5.02 Å². The Balaban J connectivity index is 2.02. The molecule has 0 bridgehead atoms. The van der Waals surface area contributed by atoms with Gasteiger partial charge in [-0.2, -0.15) is 0 Å². The highest BCUT2D eigenvalue weighted by Gasteiger charge is 2.49. The van der Waals surface area contributed by atoms with Gasteiger partial charge in [0.2, 0.25) is 5.69 Å². The number of benzene rings is 1. The highest BCUT2D eigenvalue weighted by Crippen LogP contribution is 2.43. The van der Waals surface area contributed by atoms with Gasteiger partial charge < -0.3 is 10.1 Å². The summed E-state index contributed by atoms with van der Waals surface area (Å²) in [5, 5.41) is 4.02. The fourth-order valence-electron chi connectivity index (χ4n) is 2.59. The molecule has 0 amide bonds. The minimum Gasteiger partial charge on any atom is -0.490 e. The van der Waals surface area contributed by atoms with Crippen molar-refractivity contribution in [1.82, 2.24) is 5.32 Å². The van der Waals surface area contributed by atoms with Crippen molar-refractivity contribution in [3.8, 4) is 5.75 Å². The maximum Gasteiger partial charge on any atom is 0.205 e. The molecule has 1 aliphatic rings. The highest BCUT2D eigenvalue weighted by molar-refractivity contribution is 6.33. The van der Waals surface area contributed by atoms with E-state index >= 15 is 0 Å². The predicted octanol–water partition coefficient (Wildman–Crippen LogP) is 4.43.